The van der Waals surface area contributed by atoms with Gasteiger partial charge in [-0.05, 0) is 54.7 Å². The standard InChI is InChI=1S/C23H24ClN3O4/c1-12(2)19-20(21(29)15-5-13(3)6-17(24)7-15)27(23(31)26-22(19)30)10-18-14(4)8-25-9-16(18)11-28/h5-9,12,28H,10-11H2,1-4H3,(H,26,30,31). The maximum atomic E-state index is 13.6. The molecular formula is C23H24ClN3O4. The van der Waals surface area contributed by atoms with Crippen LogP contribution in [0, 0.1) is 13.8 Å². The first-order valence-electron chi connectivity index (χ1n) is 9.86. The summed E-state index contributed by atoms with van der Waals surface area (Å²) in [5.74, 6) is -0.777. The molecule has 0 aliphatic heterocycles. The molecule has 7 nitrogen and oxygen atoms in total. The number of hydrogen-bond donors (Lipinski definition) is 2. The minimum atomic E-state index is -0.698. The zero-order valence-corrected chi connectivity index (χ0v) is 18.6. The molecule has 31 heavy (non-hydrogen) atoms. The number of H-pyrrole nitrogens is 1. The van der Waals surface area contributed by atoms with Crippen molar-refractivity contribution in [2.75, 3.05) is 0 Å². The number of nitrogens with one attached hydrogen (secondary N) is 1. The van der Waals surface area contributed by atoms with E-state index in [1.807, 2.05) is 13.8 Å². The molecule has 0 amide bonds. The Balaban J connectivity index is 2.33. The van der Waals surface area contributed by atoms with E-state index in [0.29, 0.717) is 21.7 Å². The van der Waals surface area contributed by atoms with E-state index in [2.05, 4.69) is 9.97 Å². The molecule has 2 heterocycles. The number of rotatable bonds is 6. The molecule has 0 saturated carbocycles. The van der Waals surface area contributed by atoms with Crippen molar-refractivity contribution in [1.82, 2.24) is 14.5 Å². The lowest BCUT2D eigenvalue weighted by atomic mass is 9.96. The van der Waals surface area contributed by atoms with Crippen LogP contribution >= 0.6 is 11.6 Å². The number of aliphatic hydroxyl groups excluding tert-OH is 1. The van der Waals surface area contributed by atoms with Gasteiger partial charge in [-0.3, -0.25) is 24.1 Å². The molecule has 0 unspecified atom stereocenters. The molecule has 0 saturated heterocycles. The van der Waals surface area contributed by atoms with Crippen LogP contribution in [0.1, 0.15) is 63.6 Å². The molecule has 0 bridgehead atoms. The van der Waals surface area contributed by atoms with Gasteiger partial charge in [0.25, 0.3) is 5.56 Å². The predicted molar refractivity (Wildman–Crippen MR) is 119 cm³/mol. The van der Waals surface area contributed by atoms with Gasteiger partial charge in [-0.25, -0.2) is 4.79 Å². The van der Waals surface area contributed by atoms with Gasteiger partial charge in [-0.15, -0.1) is 0 Å². The van der Waals surface area contributed by atoms with Crippen molar-refractivity contribution < 1.29 is 9.90 Å². The molecule has 162 valence electrons. The summed E-state index contributed by atoms with van der Waals surface area (Å²) in [6.45, 7) is 6.93. The van der Waals surface area contributed by atoms with Crippen LogP contribution in [0.15, 0.2) is 40.2 Å². The van der Waals surface area contributed by atoms with Crippen molar-refractivity contribution in [3.63, 3.8) is 0 Å². The molecule has 1 aromatic carbocycles. The number of aromatic nitrogens is 3. The molecule has 2 aromatic heterocycles. The fraction of sp³-hybridized carbons (Fsp3) is 0.304. The van der Waals surface area contributed by atoms with Crippen LogP contribution in [0.4, 0.5) is 0 Å². The summed E-state index contributed by atoms with van der Waals surface area (Å²) < 4.78 is 1.26. The van der Waals surface area contributed by atoms with Gasteiger partial charge in [-0.2, -0.15) is 0 Å². The molecule has 0 aliphatic rings. The Morgan fingerprint density at radius 2 is 1.90 bits per heavy atom. The number of ketones is 1. The lowest BCUT2D eigenvalue weighted by Gasteiger charge is -2.19. The highest BCUT2D eigenvalue weighted by Gasteiger charge is 2.25. The first-order valence-corrected chi connectivity index (χ1v) is 10.2. The summed E-state index contributed by atoms with van der Waals surface area (Å²) in [6.07, 6.45) is 3.14. The van der Waals surface area contributed by atoms with E-state index in [-0.39, 0.29) is 30.3 Å². The summed E-state index contributed by atoms with van der Waals surface area (Å²) in [5.41, 5.74) is 1.99. The molecule has 0 fully saturated rings. The first-order chi connectivity index (χ1) is 14.6. The van der Waals surface area contributed by atoms with Gasteiger partial charge >= 0.3 is 5.69 Å². The van der Waals surface area contributed by atoms with E-state index >= 15 is 0 Å². The Kier molecular flexibility index (Phi) is 6.57. The van der Waals surface area contributed by atoms with Crippen molar-refractivity contribution in [2.45, 2.75) is 46.8 Å². The molecular weight excluding hydrogens is 418 g/mol. The average Bonchev–Trinajstić information content (AvgIpc) is 2.69. The van der Waals surface area contributed by atoms with Gasteiger partial charge in [-0.1, -0.05) is 25.4 Å². The van der Waals surface area contributed by atoms with Gasteiger partial charge in [0, 0.05) is 34.1 Å². The van der Waals surface area contributed by atoms with E-state index in [9.17, 15) is 19.5 Å². The van der Waals surface area contributed by atoms with Crippen LogP contribution < -0.4 is 11.2 Å². The van der Waals surface area contributed by atoms with Crippen molar-refractivity contribution in [3.8, 4) is 0 Å². The molecule has 2 N–H and O–H groups in total. The highest BCUT2D eigenvalue weighted by Crippen LogP contribution is 2.23. The fourth-order valence-electron chi connectivity index (χ4n) is 3.69. The minimum Gasteiger partial charge on any atom is -0.392 e. The quantitative estimate of drug-likeness (QED) is 0.572. The maximum Gasteiger partial charge on any atom is 0.329 e. The van der Waals surface area contributed by atoms with E-state index < -0.39 is 17.0 Å². The summed E-state index contributed by atoms with van der Waals surface area (Å²) in [6, 6.07) is 4.92. The van der Waals surface area contributed by atoms with Crippen LogP contribution in [0.2, 0.25) is 5.02 Å². The number of aromatic amines is 1. The van der Waals surface area contributed by atoms with Gasteiger partial charge in [0.2, 0.25) is 5.78 Å². The summed E-state index contributed by atoms with van der Waals surface area (Å²) in [7, 11) is 0. The number of nitrogens with zero attached hydrogens (tertiary/aromatic N) is 2. The third-order valence-corrected chi connectivity index (χ3v) is 5.40. The molecule has 3 rings (SSSR count). The summed E-state index contributed by atoms with van der Waals surface area (Å²) in [4.78, 5) is 45.5. The number of aliphatic hydroxyl groups is 1. The minimum absolute atomic E-state index is 0.000200. The van der Waals surface area contributed by atoms with Gasteiger partial charge in [0.1, 0.15) is 5.69 Å². The maximum absolute atomic E-state index is 13.6. The second kappa shape index (κ2) is 8.99. The molecule has 0 radical (unpaired) electrons. The normalized spacial score (nSPS) is 11.2. The van der Waals surface area contributed by atoms with Crippen LogP contribution in [0.3, 0.4) is 0 Å². The van der Waals surface area contributed by atoms with Crippen molar-refractivity contribution in [1.29, 1.82) is 0 Å². The predicted octanol–water partition coefficient (Wildman–Crippen LogP) is 3.10. The SMILES string of the molecule is Cc1cc(Cl)cc(C(=O)c2c(C(C)C)c(=O)[nH]c(=O)n2Cc2c(C)cncc2CO)c1. The van der Waals surface area contributed by atoms with Gasteiger partial charge in [0.05, 0.1) is 13.2 Å². The summed E-state index contributed by atoms with van der Waals surface area (Å²) in [5, 5.41) is 10.1. The molecule has 0 spiro atoms. The molecule has 0 aliphatic carbocycles. The first kappa shape index (κ1) is 22.7. The Bertz CT molecular complexity index is 1250. The average molecular weight is 442 g/mol. The number of halogens is 1. The van der Waals surface area contributed by atoms with Gasteiger partial charge in [0.15, 0.2) is 0 Å². The zero-order valence-electron chi connectivity index (χ0n) is 17.8. The lowest BCUT2D eigenvalue weighted by molar-refractivity contribution is 0.102. The smallest absolute Gasteiger partial charge is 0.329 e. The number of benzene rings is 1. The Morgan fingerprint density at radius 3 is 2.52 bits per heavy atom. The lowest BCUT2D eigenvalue weighted by Crippen LogP contribution is -2.38. The highest BCUT2D eigenvalue weighted by atomic mass is 35.5. The fourth-order valence-corrected chi connectivity index (χ4v) is 3.98. The molecule has 3 aromatic rings. The zero-order chi connectivity index (χ0) is 22.9. The van der Waals surface area contributed by atoms with E-state index in [1.54, 1.807) is 32.2 Å². The number of carbonyl (C=O) groups excluding carboxylic acids is 1. The van der Waals surface area contributed by atoms with E-state index in [4.69, 9.17) is 11.6 Å². The van der Waals surface area contributed by atoms with Crippen molar-refractivity contribution in [3.05, 3.63) is 95.5 Å². The van der Waals surface area contributed by atoms with Crippen LogP contribution in [0.25, 0.3) is 0 Å². The second-order valence-electron chi connectivity index (χ2n) is 7.86. The topological polar surface area (TPSA) is 105 Å². The third-order valence-electron chi connectivity index (χ3n) is 5.18. The molecule has 0 atom stereocenters. The second-order valence-corrected chi connectivity index (χ2v) is 8.30. The summed E-state index contributed by atoms with van der Waals surface area (Å²) >= 11 is 6.15. The largest absolute Gasteiger partial charge is 0.392 e. The number of pyridine rings is 1. The Hall–Kier alpha value is -3.03. The number of aryl methyl sites for hydroxylation is 2. The monoisotopic (exact) mass is 441 g/mol. The van der Waals surface area contributed by atoms with Crippen molar-refractivity contribution >= 4 is 17.4 Å². The number of carbonyl (C=O) groups is 1. The highest BCUT2D eigenvalue weighted by molar-refractivity contribution is 6.31. The van der Waals surface area contributed by atoms with Crippen LogP contribution in [0.5, 0.6) is 0 Å². The van der Waals surface area contributed by atoms with Crippen LogP contribution in [-0.4, -0.2) is 25.4 Å². The number of hydrogen-bond acceptors (Lipinski definition) is 5. The van der Waals surface area contributed by atoms with Crippen molar-refractivity contribution in [2.24, 2.45) is 0 Å². The van der Waals surface area contributed by atoms with Crippen LogP contribution in [-0.2, 0) is 13.2 Å². The molecule has 8 heteroatoms. The van der Waals surface area contributed by atoms with E-state index in [0.717, 1.165) is 11.1 Å². The Labute approximate surface area is 184 Å². The van der Waals surface area contributed by atoms with Gasteiger partial charge < -0.3 is 5.11 Å². The third kappa shape index (κ3) is 4.52. The van der Waals surface area contributed by atoms with E-state index in [1.165, 1.54) is 16.8 Å². The Morgan fingerprint density at radius 1 is 1.19 bits per heavy atom.